The van der Waals surface area contributed by atoms with E-state index in [0.29, 0.717) is 56.9 Å². The third-order valence-corrected chi connectivity index (χ3v) is 8.45. The van der Waals surface area contributed by atoms with Gasteiger partial charge in [0.2, 0.25) is 0 Å². The molecule has 0 unspecified atom stereocenters. The van der Waals surface area contributed by atoms with Gasteiger partial charge in [-0.3, -0.25) is 19.2 Å². The van der Waals surface area contributed by atoms with Crippen LogP contribution in [-0.4, -0.2) is 56.1 Å². The van der Waals surface area contributed by atoms with Crippen molar-refractivity contribution < 1.29 is 38.1 Å². The normalized spacial score (nSPS) is 11.1. The molecule has 50 heavy (non-hydrogen) atoms. The fourth-order valence-electron chi connectivity index (χ4n) is 5.64. The highest BCUT2D eigenvalue weighted by Crippen LogP contribution is 2.25. The molecule has 1 rings (SSSR count). The second-order valence-electron chi connectivity index (χ2n) is 13.8. The highest BCUT2D eigenvalue weighted by atomic mass is 16.5. The molecule has 0 amide bonds. The lowest BCUT2D eigenvalue weighted by Gasteiger charge is -2.14. The summed E-state index contributed by atoms with van der Waals surface area (Å²) in [5, 5.41) is 0. The van der Waals surface area contributed by atoms with Crippen LogP contribution in [0.1, 0.15) is 174 Å². The average molecular weight is 704 g/mol. The van der Waals surface area contributed by atoms with Crippen LogP contribution in [0, 0.1) is 0 Å². The summed E-state index contributed by atoms with van der Waals surface area (Å²) in [6, 6.07) is 5.23. The Bertz CT molecular complexity index is 983. The molecule has 0 atom stereocenters. The number of nitrogens with zero attached hydrogens (tertiary/aromatic N) is 1. The molecule has 1 aromatic carbocycles. The maximum Gasteiger partial charge on any atom is 0.311 e. The Morgan fingerprint density at radius 1 is 0.460 bits per heavy atom. The first kappa shape index (κ1) is 45.1. The van der Waals surface area contributed by atoms with Gasteiger partial charge in [0.1, 0.15) is 11.5 Å². The molecule has 0 aromatic heterocycles. The summed E-state index contributed by atoms with van der Waals surface area (Å²) in [7, 11) is 3.90. The Labute approximate surface area is 303 Å². The van der Waals surface area contributed by atoms with Gasteiger partial charge in [0, 0.05) is 38.3 Å². The van der Waals surface area contributed by atoms with Gasteiger partial charge in [-0.25, -0.2) is 0 Å². The first-order chi connectivity index (χ1) is 24.2. The highest BCUT2D eigenvalue weighted by molar-refractivity contribution is 5.74. The Morgan fingerprint density at radius 2 is 0.800 bits per heavy atom. The van der Waals surface area contributed by atoms with Crippen molar-refractivity contribution in [3.63, 3.8) is 0 Å². The summed E-state index contributed by atoms with van der Waals surface area (Å²) in [4.78, 5) is 50.8. The van der Waals surface area contributed by atoms with E-state index in [1.54, 1.807) is 6.07 Å². The second kappa shape index (κ2) is 30.8. The minimum Gasteiger partial charge on any atom is -0.466 e. The number of rotatable bonds is 32. The molecule has 9 heteroatoms. The molecule has 0 saturated carbocycles. The quantitative estimate of drug-likeness (QED) is 0.0411. The molecular weight excluding hydrogens is 634 g/mol. The zero-order chi connectivity index (χ0) is 36.7. The van der Waals surface area contributed by atoms with Gasteiger partial charge in [-0.05, 0) is 70.3 Å². The number of hydrogen-bond donors (Lipinski definition) is 0. The summed E-state index contributed by atoms with van der Waals surface area (Å²) in [5.41, 5.74) is 0.887. The molecule has 286 valence electrons. The zero-order valence-electron chi connectivity index (χ0n) is 32.0. The van der Waals surface area contributed by atoms with Gasteiger partial charge in [0.15, 0.2) is 0 Å². The first-order valence-corrected chi connectivity index (χ1v) is 19.7. The van der Waals surface area contributed by atoms with Crippen molar-refractivity contribution in [1.29, 1.82) is 0 Å². The molecule has 0 heterocycles. The third kappa shape index (κ3) is 26.9. The summed E-state index contributed by atoms with van der Waals surface area (Å²) in [6.45, 7) is 5.89. The van der Waals surface area contributed by atoms with Crippen LogP contribution in [0.15, 0.2) is 18.2 Å². The molecule has 0 saturated heterocycles. The fourth-order valence-corrected chi connectivity index (χ4v) is 5.64. The molecule has 0 bridgehead atoms. The largest absolute Gasteiger partial charge is 0.466 e. The standard InChI is InChI=1S/C41H69NO8/c1-5-7-9-13-19-25-38(43)47-29-23-17-11-15-21-27-40(45)49-36-31-35(34-42(3)4)32-37(33-36)50-41(46)28-22-16-12-18-24-30-48-39(44)26-20-14-10-8-6-2/h31-33H,5-30,34H2,1-4H3. The Kier molecular flexibility index (Phi) is 27.8. The SMILES string of the molecule is CCCCCCCC(=O)OCCCCCCCC(=O)Oc1cc(CN(C)C)cc(OC(=O)CCCCCCCOC(=O)CCCCCCC)c1. The Morgan fingerprint density at radius 3 is 1.18 bits per heavy atom. The van der Waals surface area contributed by atoms with Crippen molar-refractivity contribution in [2.45, 2.75) is 174 Å². The summed E-state index contributed by atoms with van der Waals surface area (Å²) >= 11 is 0. The molecule has 0 aliphatic carbocycles. The molecule has 0 spiro atoms. The van der Waals surface area contributed by atoms with Crippen LogP contribution in [0.25, 0.3) is 0 Å². The topological polar surface area (TPSA) is 108 Å². The van der Waals surface area contributed by atoms with Crippen molar-refractivity contribution in [1.82, 2.24) is 4.90 Å². The molecule has 0 aliphatic rings. The van der Waals surface area contributed by atoms with E-state index in [4.69, 9.17) is 18.9 Å². The van der Waals surface area contributed by atoms with Crippen molar-refractivity contribution in [2.24, 2.45) is 0 Å². The van der Waals surface area contributed by atoms with Gasteiger partial charge >= 0.3 is 23.9 Å². The summed E-state index contributed by atoms with van der Waals surface area (Å²) < 4.78 is 21.9. The summed E-state index contributed by atoms with van der Waals surface area (Å²) in [6.07, 6.45) is 21.6. The van der Waals surface area contributed by atoms with Crippen LogP contribution in [0.4, 0.5) is 0 Å². The molecule has 0 radical (unpaired) electrons. The Balaban J connectivity index is 2.27. The van der Waals surface area contributed by atoms with Gasteiger partial charge < -0.3 is 23.8 Å². The van der Waals surface area contributed by atoms with E-state index in [-0.39, 0.29) is 23.9 Å². The highest BCUT2D eigenvalue weighted by Gasteiger charge is 2.12. The van der Waals surface area contributed by atoms with Crippen LogP contribution in [0.2, 0.25) is 0 Å². The van der Waals surface area contributed by atoms with Gasteiger partial charge in [0.05, 0.1) is 13.2 Å². The molecule has 0 aliphatic heterocycles. The number of carbonyl (C=O) groups is 4. The summed E-state index contributed by atoms with van der Waals surface area (Å²) in [5.74, 6) is -0.0646. The van der Waals surface area contributed by atoms with Crippen LogP contribution in [-0.2, 0) is 35.2 Å². The predicted octanol–water partition coefficient (Wildman–Crippen LogP) is 10.0. The molecule has 9 nitrogen and oxygen atoms in total. The van der Waals surface area contributed by atoms with Crippen molar-refractivity contribution in [2.75, 3.05) is 27.3 Å². The van der Waals surface area contributed by atoms with Gasteiger partial charge in [0.25, 0.3) is 0 Å². The fraction of sp³-hybridized carbons (Fsp3) is 0.756. The van der Waals surface area contributed by atoms with E-state index in [2.05, 4.69) is 13.8 Å². The number of carbonyl (C=O) groups excluding carboxylic acids is 4. The van der Waals surface area contributed by atoms with Crippen LogP contribution in [0.5, 0.6) is 11.5 Å². The van der Waals surface area contributed by atoms with Crippen molar-refractivity contribution in [3.8, 4) is 11.5 Å². The average Bonchev–Trinajstić information content (AvgIpc) is 3.06. The lowest BCUT2D eigenvalue weighted by Crippen LogP contribution is -2.13. The first-order valence-electron chi connectivity index (χ1n) is 19.7. The Hall–Kier alpha value is -2.94. The predicted molar refractivity (Wildman–Crippen MR) is 199 cm³/mol. The van der Waals surface area contributed by atoms with E-state index in [0.717, 1.165) is 95.5 Å². The van der Waals surface area contributed by atoms with E-state index >= 15 is 0 Å². The van der Waals surface area contributed by atoms with Crippen molar-refractivity contribution >= 4 is 23.9 Å². The van der Waals surface area contributed by atoms with Crippen molar-refractivity contribution in [3.05, 3.63) is 23.8 Å². The maximum absolute atomic E-state index is 12.6. The maximum atomic E-state index is 12.6. The minimum absolute atomic E-state index is 0.0979. The van der Waals surface area contributed by atoms with E-state index in [9.17, 15) is 19.2 Å². The third-order valence-electron chi connectivity index (χ3n) is 8.45. The van der Waals surface area contributed by atoms with Crippen LogP contribution in [0.3, 0.4) is 0 Å². The number of ether oxygens (including phenoxy) is 4. The van der Waals surface area contributed by atoms with Gasteiger partial charge in [-0.15, -0.1) is 0 Å². The monoisotopic (exact) mass is 704 g/mol. The minimum atomic E-state index is -0.311. The van der Waals surface area contributed by atoms with Crippen LogP contribution < -0.4 is 9.47 Å². The molecule has 1 aromatic rings. The lowest BCUT2D eigenvalue weighted by atomic mass is 10.1. The smallest absolute Gasteiger partial charge is 0.311 e. The van der Waals surface area contributed by atoms with E-state index in [1.807, 2.05) is 31.1 Å². The van der Waals surface area contributed by atoms with Crippen LogP contribution >= 0.6 is 0 Å². The lowest BCUT2D eigenvalue weighted by molar-refractivity contribution is -0.144. The molecular formula is C41H69NO8. The number of unbranched alkanes of at least 4 members (excludes halogenated alkanes) is 16. The number of benzene rings is 1. The van der Waals surface area contributed by atoms with E-state index in [1.165, 1.54) is 38.5 Å². The molecule has 0 N–H and O–H groups in total. The second-order valence-corrected chi connectivity index (χ2v) is 13.8. The van der Waals surface area contributed by atoms with Gasteiger partial charge in [-0.1, -0.05) is 104 Å². The number of hydrogen-bond acceptors (Lipinski definition) is 9. The van der Waals surface area contributed by atoms with Gasteiger partial charge in [-0.2, -0.15) is 0 Å². The molecule has 0 fully saturated rings. The number of esters is 4. The zero-order valence-corrected chi connectivity index (χ0v) is 32.0. The van der Waals surface area contributed by atoms with E-state index < -0.39 is 0 Å².